The third-order valence-electron chi connectivity index (χ3n) is 5.71. The van der Waals surface area contributed by atoms with Crippen LogP contribution in [0.25, 0.3) is 26.3 Å². The summed E-state index contributed by atoms with van der Waals surface area (Å²) in [6.45, 7) is 2.35. The zero-order valence-corrected chi connectivity index (χ0v) is 17.0. The Hall–Kier alpha value is -2.60. The number of benzene rings is 1. The Labute approximate surface area is 168 Å². The minimum atomic E-state index is 0.515. The minimum absolute atomic E-state index is 0.515. The maximum absolute atomic E-state index is 5.52. The van der Waals surface area contributed by atoms with Crippen LogP contribution < -0.4 is 10.1 Å². The van der Waals surface area contributed by atoms with Crippen molar-refractivity contribution in [3.8, 4) is 16.3 Å². The maximum Gasteiger partial charge on any atom is 0.154 e. The van der Waals surface area contributed by atoms with Crippen molar-refractivity contribution in [3.63, 3.8) is 0 Å². The molecule has 0 unspecified atom stereocenters. The molecule has 6 heteroatoms. The molecule has 0 saturated heterocycles. The van der Waals surface area contributed by atoms with E-state index in [1.165, 1.54) is 31.1 Å². The largest absolute Gasteiger partial charge is 0.495 e. The van der Waals surface area contributed by atoms with Gasteiger partial charge in [0.25, 0.3) is 0 Å². The lowest BCUT2D eigenvalue weighted by atomic mass is 9.87. The second-order valence-electron chi connectivity index (χ2n) is 7.72. The van der Waals surface area contributed by atoms with E-state index in [0.717, 1.165) is 38.4 Å². The van der Waals surface area contributed by atoms with Crippen LogP contribution >= 0.6 is 11.3 Å². The normalized spacial score (nSPS) is 19.9. The van der Waals surface area contributed by atoms with Crippen molar-refractivity contribution in [2.75, 3.05) is 12.4 Å². The van der Waals surface area contributed by atoms with Crippen molar-refractivity contribution in [1.29, 1.82) is 0 Å². The number of nitrogens with one attached hydrogen (secondary N) is 1. The fourth-order valence-electron chi connectivity index (χ4n) is 4.06. The Bertz CT molecular complexity index is 1120. The molecule has 5 rings (SSSR count). The van der Waals surface area contributed by atoms with Gasteiger partial charge < -0.3 is 10.1 Å². The Morgan fingerprint density at radius 1 is 1.14 bits per heavy atom. The molecule has 144 valence electrons. The van der Waals surface area contributed by atoms with Crippen molar-refractivity contribution in [2.24, 2.45) is 5.92 Å². The summed E-state index contributed by atoms with van der Waals surface area (Å²) >= 11 is 1.72. The summed E-state index contributed by atoms with van der Waals surface area (Å²) in [6.07, 6.45) is 6.92. The topological polar surface area (TPSA) is 51.5 Å². The number of fused-ring (bicyclic) bond motifs is 2. The molecule has 0 spiro atoms. The second-order valence-corrected chi connectivity index (χ2v) is 8.77. The Balaban J connectivity index is 1.50. The molecule has 1 saturated carbocycles. The molecule has 0 atom stereocenters. The van der Waals surface area contributed by atoms with Crippen LogP contribution in [0, 0.1) is 5.92 Å². The first-order valence-corrected chi connectivity index (χ1v) is 10.7. The van der Waals surface area contributed by atoms with E-state index in [4.69, 9.17) is 9.84 Å². The number of ether oxygens (including phenoxy) is 1. The first-order chi connectivity index (χ1) is 13.7. The first kappa shape index (κ1) is 17.5. The second kappa shape index (κ2) is 7.09. The number of nitrogens with zero attached hydrogens (tertiary/aromatic N) is 3. The van der Waals surface area contributed by atoms with E-state index >= 15 is 0 Å². The summed E-state index contributed by atoms with van der Waals surface area (Å²) in [5.41, 5.74) is 1.88. The standard InChI is InChI=1S/C22H24N4OS/c1-14-6-8-16(9-7-14)24-20-10-11-21-23-13-17(26(21)25-20)19-12-15-4-3-5-18(27-2)22(15)28-19/h3-5,10-14,16H,6-9H2,1-2H3,(H,24,25)/t14-,16-. The van der Waals surface area contributed by atoms with Gasteiger partial charge in [-0.25, -0.2) is 9.50 Å². The van der Waals surface area contributed by atoms with Crippen molar-refractivity contribution in [2.45, 2.75) is 38.6 Å². The quantitative estimate of drug-likeness (QED) is 0.490. The van der Waals surface area contributed by atoms with E-state index in [1.54, 1.807) is 18.4 Å². The number of thiophene rings is 1. The molecule has 0 bridgehead atoms. The Morgan fingerprint density at radius 3 is 2.82 bits per heavy atom. The van der Waals surface area contributed by atoms with E-state index < -0.39 is 0 Å². The van der Waals surface area contributed by atoms with E-state index in [9.17, 15) is 0 Å². The van der Waals surface area contributed by atoms with Gasteiger partial charge in [0.15, 0.2) is 5.65 Å². The predicted molar refractivity (Wildman–Crippen MR) is 115 cm³/mol. The summed E-state index contributed by atoms with van der Waals surface area (Å²) in [6, 6.07) is 12.9. The summed E-state index contributed by atoms with van der Waals surface area (Å²) in [4.78, 5) is 5.70. The number of aromatic nitrogens is 3. The van der Waals surface area contributed by atoms with Crippen LogP contribution in [0.4, 0.5) is 5.82 Å². The van der Waals surface area contributed by atoms with E-state index in [1.807, 2.05) is 35.0 Å². The van der Waals surface area contributed by atoms with Crippen LogP contribution in [0.1, 0.15) is 32.6 Å². The van der Waals surface area contributed by atoms with Gasteiger partial charge in [0.1, 0.15) is 17.3 Å². The molecule has 4 aromatic rings. The monoisotopic (exact) mass is 392 g/mol. The summed E-state index contributed by atoms with van der Waals surface area (Å²) in [5, 5.41) is 9.67. The molecule has 0 radical (unpaired) electrons. The highest BCUT2D eigenvalue weighted by molar-refractivity contribution is 7.22. The van der Waals surface area contributed by atoms with Crippen LogP contribution in [-0.2, 0) is 0 Å². The van der Waals surface area contributed by atoms with Crippen molar-refractivity contribution < 1.29 is 4.74 Å². The SMILES string of the molecule is COc1cccc2cc(-c3cnc4ccc(N[C@H]5CC[C@H](C)CC5)nn34)sc12. The van der Waals surface area contributed by atoms with Gasteiger partial charge in [0.2, 0.25) is 0 Å². The van der Waals surface area contributed by atoms with Crippen LogP contribution in [-0.4, -0.2) is 27.7 Å². The lowest BCUT2D eigenvalue weighted by molar-refractivity contribution is 0.360. The number of hydrogen-bond acceptors (Lipinski definition) is 5. The lowest BCUT2D eigenvalue weighted by Gasteiger charge is -2.27. The van der Waals surface area contributed by atoms with E-state index in [-0.39, 0.29) is 0 Å². The zero-order chi connectivity index (χ0) is 19.1. The smallest absolute Gasteiger partial charge is 0.154 e. The predicted octanol–water partition coefficient (Wildman–Crippen LogP) is 5.61. The highest BCUT2D eigenvalue weighted by Gasteiger charge is 2.19. The highest BCUT2D eigenvalue weighted by atomic mass is 32.1. The van der Waals surface area contributed by atoms with Gasteiger partial charge >= 0.3 is 0 Å². The molecule has 1 aliphatic rings. The molecule has 3 aromatic heterocycles. The van der Waals surface area contributed by atoms with Gasteiger partial charge in [0.05, 0.1) is 22.9 Å². The molecule has 0 amide bonds. The van der Waals surface area contributed by atoms with Crippen molar-refractivity contribution >= 4 is 32.9 Å². The van der Waals surface area contributed by atoms with Gasteiger partial charge in [-0.2, -0.15) is 0 Å². The van der Waals surface area contributed by atoms with Crippen LogP contribution in [0.15, 0.2) is 42.6 Å². The van der Waals surface area contributed by atoms with Crippen molar-refractivity contribution in [1.82, 2.24) is 14.6 Å². The number of imidazole rings is 1. The number of rotatable bonds is 4. The van der Waals surface area contributed by atoms with Crippen LogP contribution in [0.2, 0.25) is 0 Å². The molecule has 3 heterocycles. The molecule has 1 N–H and O–H groups in total. The van der Waals surface area contributed by atoms with Gasteiger partial charge in [-0.3, -0.25) is 0 Å². The van der Waals surface area contributed by atoms with Crippen molar-refractivity contribution in [3.05, 3.63) is 42.6 Å². The Morgan fingerprint density at radius 2 is 2.00 bits per heavy atom. The van der Waals surface area contributed by atoms with Gasteiger partial charge in [0, 0.05) is 6.04 Å². The average molecular weight is 393 g/mol. The average Bonchev–Trinajstić information content (AvgIpc) is 3.33. The number of methoxy groups -OCH3 is 1. The zero-order valence-electron chi connectivity index (χ0n) is 16.2. The minimum Gasteiger partial charge on any atom is -0.495 e. The van der Waals surface area contributed by atoms with Gasteiger partial charge in [-0.05, 0) is 61.3 Å². The molecule has 28 heavy (non-hydrogen) atoms. The molecule has 5 nitrogen and oxygen atoms in total. The van der Waals surface area contributed by atoms with Crippen LogP contribution in [0.3, 0.4) is 0 Å². The summed E-state index contributed by atoms with van der Waals surface area (Å²) in [5.74, 6) is 2.67. The third-order valence-corrected chi connectivity index (χ3v) is 6.90. The molecular formula is C22H24N4OS. The molecule has 0 aliphatic heterocycles. The number of anilines is 1. The molecule has 1 fully saturated rings. The fourth-order valence-corrected chi connectivity index (χ4v) is 5.20. The van der Waals surface area contributed by atoms with E-state index in [0.29, 0.717) is 6.04 Å². The molecular weight excluding hydrogens is 368 g/mol. The lowest BCUT2D eigenvalue weighted by Crippen LogP contribution is -2.25. The molecule has 1 aromatic carbocycles. The third kappa shape index (κ3) is 3.11. The summed E-state index contributed by atoms with van der Waals surface area (Å²) < 4.78 is 8.62. The maximum atomic E-state index is 5.52. The van der Waals surface area contributed by atoms with Gasteiger partial charge in [-0.1, -0.05) is 19.1 Å². The molecule has 1 aliphatic carbocycles. The van der Waals surface area contributed by atoms with Gasteiger partial charge in [-0.15, -0.1) is 16.4 Å². The highest BCUT2D eigenvalue weighted by Crippen LogP contribution is 2.38. The summed E-state index contributed by atoms with van der Waals surface area (Å²) in [7, 11) is 1.72. The van der Waals surface area contributed by atoms with E-state index in [2.05, 4.69) is 29.4 Å². The first-order valence-electron chi connectivity index (χ1n) is 9.89. The Kier molecular flexibility index (Phi) is 4.43. The number of hydrogen-bond donors (Lipinski definition) is 1. The fraction of sp³-hybridized carbons (Fsp3) is 0.364. The van der Waals surface area contributed by atoms with Crippen LogP contribution in [0.5, 0.6) is 5.75 Å².